The Kier molecular flexibility index (Phi) is 6.09. The lowest BCUT2D eigenvalue weighted by Crippen LogP contribution is -2.01. The maximum absolute atomic E-state index is 10.2. The largest absolute Gasteiger partial charge is 0.151 e. The van der Waals surface area contributed by atoms with Crippen molar-refractivity contribution in [3.63, 3.8) is 0 Å². The molecule has 0 aliphatic heterocycles. The van der Waals surface area contributed by atoms with Gasteiger partial charge < -0.3 is 0 Å². The van der Waals surface area contributed by atoms with Crippen LogP contribution in [0.4, 0.5) is 0 Å². The second-order valence-electron chi connectivity index (χ2n) is 3.49. The number of rotatable bonds is 6. The minimum atomic E-state index is 0.0637. The standard InChI is InChI=1S/C9H19NO/c1-4-9(10-11)7-5-6-8(2)3/h8-9H,4-7H2,1-3H3. The predicted octanol–water partition coefficient (Wildman–Crippen LogP) is 3.36. The van der Waals surface area contributed by atoms with E-state index in [-0.39, 0.29) is 6.04 Å². The normalized spacial score (nSPS) is 13.5. The molecule has 0 rings (SSSR count). The van der Waals surface area contributed by atoms with Crippen molar-refractivity contribution in [3.8, 4) is 0 Å². The highest BCUT2D eigenvalue weighted by Crippen LogP contribution is 2.11. The SMILES string of the molecule is CCC(CCCC(C)C)N=O. The van der Waals surface area contributed by atoms with Crippen molar-refractivity contribution in [1.29, 1.82) is 0 Å². The molecule has 0 saturated carbocycles. The topological polar surface area (TPSA) is 29.4 Å². The number of nitroso groups, excluding NO2 is 1. The first-order valence-electron chi connectivity index (χ1n) is 4.53. The van der Waals surface area contributed by atoms with E-state index in [9.17, 15) is 4.91 Å². The first kappa shape index (κ1) is 10.6. The van der Waals surface area contributed by atoms with Gasteiger partial charge >= 0.3 is 0 Å². The number of hydrogen-bond acceptors (Lipinski definition) is 2. The van der Waals surface area contributed by atoms with Crippen LogP contribution in [0.5, 0.6) is 0 Å². The molecular weight excluding hydrogens is 138 g/mol. The molecule has 0 aliphatic carbocycles. The Hall–Kier alpha value is -0.400. The van der Waals surface area contributed by atoms with Crippen molar-refractivity contribution in [2.45, 2.75) is 52.5 Å². The molecule has 0 aromatic carbocycles. The summed E-state index contributed by atoms with van der Waals surface area (Å²) in [6, 6.07) is 0.0637. The fourth-order valence-electron chi connectivity index (χ4n) is 1.09. The lowest BCUT2D eigenvalue weighted by molar-refractivity contribution is 0.491. The van der Waals surface area contributed by atoms with Gasteiger partial charge in [-0.2, -0.15) is 4.91 Å². The first-order chi connectivity index (χ1) is 5.20. The monoisotopic (exact) mass is 157 g/mol. The van der Waals surface area contributed by atoms with Crippen LogP contribution in [0.3, 0.4) is 0 Å². The van der Waals surface area contributed by atoms with Crippen LogP contribution in [-0.2, 0) is 0 Å². The van der Waals surface area contributed by atoms with Crippen molar-refractivity contribution < 1.29 is 0 Å². The smallest absolute Gasteiger partial charge is 0.0917 e. The summed E-state index contributed by atoms with van der Waals surface area (Å²) in [5.74, 6) is 0.749. The van der Waals surface area contributed by atoms with E-state index < -0.39 is 0 Å². The zero-order valence-corrected chi connectivity index (χ0v) is 7.84. The summed E-state index contributed by atoms with van der Waals surface area (Å²) < 4.78 is 0. The average Bonchev–Trinajstić information content (AvgIpc) is 1.98. The Morgan fingerprint density at radius 3 is 2.27 bits per heavy atom. The minimum absolute atomic E-state index is 0.0637. The number of hydrogen-bond donors (Lipinski definition) is 0. The Morgan fingerprint density at radius 1 is 1.27 bits per heavy atom. The zero-order valence-electron chi connectivity index (χ0n) is 7.84. The molecule has 0 amide bonds. The van der Waals surface area contributed by atoms with E-state index >= 15 is 0 Å². The van der Waals surface area contributed by atoms with Crippen LogP contribution in [0.25, 0.3) is 0 Å². The molecule has 0 aromatic rings. The molecule has 11 heavy (non-hydrogen) atoms. The van der Waals surface area contributed by atoms with Crippen LogP contribution in [0.15, 0.2) is 5.18 Å². The van der Waals surface area contributed by atoms with E-state index in [4.69, 9.17) is 0 Å². The highest BCUT2D eigenvalue weighted by molar-refractivity contribution is 4.63. The molecule has 2 heteroatoms. The summed E-state index contributed by atoms with van der Waals surface area (Å²) in [7, 11) is 0. The molecule has 1 unspecified atom stereocenters. The van der Waals surface area contributed by atoms with Gasteiger partial charge in [0.15, 0.2) is 0 Å². The molecule has 0 saturated heterocycles. The van der Waals surface area contributed by atoms with E-state index in [2.05, 4.69) is 19.0 Å². The fraction of sp³-hybridized carbons (Fsp3) is 1.00. The summed E-state index contributed by atoms with van der Waals surface area (Å²) >= 11 is 0. The average molecular weight is 157 g/mol. The number of nitrogens with zero attached hydrogens (tertiary/aromatic N) is 1. The summed E-state index contributed by atoms with van der Waals surface area (Å²) in [4.78, 5) is 10.2. The predicted molar refractivity (Wildman–Crippen MR) is 48.6 cm³/mol. The molecule has 2 nitrogen and oxygen atoms in total. The van der Waals surface area contributed by atoms with Gasteiger partial charge in [-0.1, -0.05) is 38.8 Å². The molecule has 0 heterocycles. The van der Waals surface area contributed by atoms with Crippen LogP contribution in [-0.4, -0.2) is 6.04 Å². The Morgan fingerprint density at radius 2 is 1.91 bits per heavy atom. The molecule has 0 radical (unpaired) electrons. The second kappa shape index (κ2) is 6.32. The van der Waals surface area contributed by atoms with Crippen LogP contribution < -0.4 is 0 Å². The van der Waals surface area contributed by atoms with E-state index in [1.807, 2.05) is 6.92 Å². The van der Waals surface area contributed by atoms with Crippen molar-refractivity contribution in [2.24, 2.45) is 11.1 Å². The maximum atomic E-state index is 10.2. The first-order valence-corrected chi connectivity index (χ1v) is 4.53. The fourth-order valence-corrected chi connectivity index (χ4v) is 1.09. The molecule has 0 aliphatic rings. The lowest BCUT2D eigenvalue weighted by Gasteiger charge is -2.06. The maximum Gasteiger partial charge on any atom is 0.0917 e. The molecule has 0 bridgehead atoms. The summed E-state index contributed by atoms with van der Waals surface area (Å²) in [5.41, 5.74) is 0. The van der Waals surface area contributed by atoms with Gasteiger partial charge in [-0.25, -0.2) is 0 Å². The van der Waals surface area contributed by atoms with E-state index in [0.29, 0.717) is 0 Å². The second-order valence-corrected chi connectivity index (χ2v) is 3.49. The van der Waals surface area contributed by atoms with E-state index in [1.54, 1.807) is 0 Å². The van der Waals surface area contributed by atoms with Gasteiger partial charge in [-0.15, -0.1) is 0 Å². The molecule has 1 atom stereocenters. The highest BCUT2D eigenvalue weighted by Gasteiger charge is 2.04. The van der Waals surface area contributed by atoms with Crippen LogP contribution in [0.2, 0.25) is 0 Å². The van der Waals surface area contributed by atoms with Crippen LogP contribution in [0.1, 0.15) is 46.5 Å². The van der Waals surface area contributed by atoms with Gasteiger partial charge in [0.1, 0.15) is 0 Å². The third-order valence-electron chi connectivity index (χ3n) is 1.94. The van der Waals surface area contributed by atoms with Crippen LogP contribution >= 0.6 is 0 Å². The molecule has 0 fully saturated rings. The summed E-state index contributed by atoms with van der Waals surface area (Å²) in [6.07, 6.45) is 4.22. The van der Waals surface area contributed by atoms with Crippen LogP contribution in [0, 0.1) is 10.8 Å². The van der Waals surface area contributed by atoms with Crippen molar-refractivity contribution >= 4 is 0 Å². The summed E-state index contributed by atoms with van der Waals surface area (Å²) in [6.45, 7) is 6.42. The van der Waals surface area contributed by atoms with Crippen molar-refractivity contribution in [3.05, 3.63) is 4.91 Å². The zero-order chi connectivity index (χ0) is 8.69. The third kappa shape index (κ3) is 6.02. The molecule has 0 aromatic heterocycles. The van der Waals surface area contributed by atoms with Gasteiger partial charge in [0.05, 0.1) is 6.04 Å². The molecule has 0 spiro atoms. The Balaban J connectivity index is 3.28. The van der Waals surface area contributed by atoms with E-state index in [1.165, 1.54) is 6.42 Å². The van der Waals surface area contributed by atoms with Crippen molar-refractivity contribution in [1.82, 2.24) is 0 Å². The van der Waals surface area contributed by atoms with Gasteiger partial charge in [-0.3, -0.25) is 0 Å². The van der Waals surface area contributed by atoms with E-state index in [0.717, 1.165) is 25.2 Å². The lowest BCUT2D eigenvalue weighted by atomic mass is 10.0. The highest BCUT2D eigenvalue weighted by atomic mass is 16.3. The Labute approximate surface area is 69.4 Å². The van der Waals surface area contributed by atoms with Gasteiger partial charge in [-0.05, 0) is 18.8 Å². The molecular formula is C9H19NO. The van der Waals surface area contributed by atoms with Crippen molar-refractivity contribution in [2.75, 3.05) is 0 Å². The third-order valence-corrected chi connectivity index (χ3v) is 1.94. The van der Waals surface area contributed by atoms with Gasteiger partial charge in [0.25, 0.3) is 0 Å². The Bertz CT molecular complexity index is 102. The molecule has 0 N–H and O–H groups in total. The summed E-state index contributed by atoms with van der Waals surface area (Å²) in [5, 5.41) is 3.05. The minimum Gasteiger partial charge on any atom is -0.151 e. The quantitative estimate of drug-likeness (QED) is 0.543. The molecule has 66 valence electrons. The van der Waals surface area contributed by atoms with Gasteiger partial charge in [0.2, 0.25) is 0 Å². The van der Waals surface area contributed by atoms with Gasteiger partial charge in [0, 0.05) is 0 Å².